The number of amides is 3. The van der Waals surface area contributed by atoms with E-state index in [1.165, 1.54) is 0 Å². The van der Waals surface area contributed by atoms with Crippen molar-refractivity contribution in [3.63, 3.8) is 0 Å². The van der Waals surface area contributed by atoms with Crippen LogP contribution in [0.25, 0.3) is 0 Å². The first-order valence-electron chi connectivity index (χ1n) is 17.0. The molecule has 5 rings (SSSR count). The first kappa shape index (κ1) is 33.9. The van der Waals surface area contributed by atoms with Crippen LogP contribution in [0.4, 0.5) is 0 Å². The maximum absolute atomic E-state index is 14.6. The van der Waals surface area contributed by atoms with E-state index in [1.54, 1.807) is 27.8 Å². The van der Waals surface area contributed by atoms with E-state index in [0.717, 1.165) is 24.8 Å². The number of allylic oxidation sites excluding steroid dienone is 1. The molecule has 4 heterocycles. The molecule has 4 aliphatic rings. The second-order valence-corrected chi connectivity index (χ2v) is 13.0. The number of carbonyl (C=O) groups excluding carboxylic acids is 4. The number of hydrogen-bond acceptors (Lipinski definition) is 7. The molecule has 3 amide bonds. The van der Waals surface area contributed by atoms with Gasteiger partial charge in [-0.05, 0) is 44.6 Å². The van der Waals surface area contributed by atoms with Crippen LogP contribution in [0, 0.1) is 11.8 Å². The Morgan fingerprint density at radius 2 is 1.72 bits per heavy atom. The number of unbranched alkanes of at least 4 members (excludes halogenated alkanes) is 4. The Balaban J connectivity index is 1.55. The molecule has 1 aromatic rings. The Labute approximate surface area is 272 Å². The third-order valence-corrected chi connectivity index (χ3v) is 10.1. The number of esters is 1. The average Bonchev–Trinajstić information content (AvgIpc) is 3.70. The van der Waals surface area contributed by atoms with Gasteiger partial charge in [-0.15, -0.1) is 0 Å². The third kappa shape index (κ3) is 6.51. The summed E-state index contributed by atoms with van der Waals surface area (Å²) < 4.78 is 12.8. The zero-order valence-corrected chi connectivity index (χ0v) is 27.4. The molecular formula is C36H49N3O7. The molecule has 0 radical (unpaired) electrons. The zero-order chi connectivity index (χ0) is 32.8. The van der Waals surface area contributed by atoms with E-state index < -0.39 is 47.7 Å². The maximum Gasteiger partial charge on any atom is 0.313 e. The second-order valence-electron chi connectivity index (χ2n) is 13.0. The molecule has 7 atom stereocenters. The molecule has 10 nitrogen and oxygen atoms in total. The number of cyclic esters (lactones) is 1. The van der Waals surface area contributed by atoms with Crippen LogP contribution >= 0.6 is 0 Å². The summed E-state index contributed by atoms with van der Waals surface area (Å²) in [7, 11) is 1.72. The smallest absolute Gasteiger partial charge is 0.313 e. The molecule has 0 aliphatic carbocycles. The van der Waals surface area contributed by atoms with E-state index in [2.05, 4.69) is 6.92 Å². The highest BCUT2D eigenvalue weighted by molar-refractivity contribution is 5.99. The van der Waals surface area contributed by atoms with Gasteiger partial charge in [0.2, 0.25) is 17.7 Å². The quantitative estimate of drug-likeness (QED) is 0.236. The summed E-state index contributed by atoms with van der Waals surface area (Å²) >= 11 is 0. The van der Waals surface area contributed by atoms with Gasteiger partial charge in [-0.2, -0.15) is 0 Å². The predicted molar refractivity (Wildman–Crippen MR) is 172 cm³/mol. The molecule has 2 saturated heterocycles. The number of benzene rings is 1. The number of carbonyl (C=O) groups is 4. The van der Waals surface area contributed by atoms with Gasteiger partial charge in [0, 0.05) is 39.7 Å². The molecule has 10 heteroatoms. The standard InChI is InChI=1S/C36H49N3O7/c1-4-5-12-21-38-22-13-7-11-18-28(41)37(3)25(2)31(26-16-9-6-10-17-26)45-35(44)29-27-19-20-36(46-27)30(29)33(42)39(32(36)34(38)43)23-14-8-15-24-40/h6-7,9-10,13,16-17,19-20,25,27,29-32,40H,4-5,8,11-12,14-15,18,21-24H2,1-3H3/b13-7-/t25-,27+,29-,30-,31+,32+,36-/m0/s1. The summed E-state index contributed by atoms with van der Waals surface area (Å²) in [6.07, 6.45) is 11.5. The number of likely N-dealkylation sites (tertiary alicyclic amines) is 1. The van der Waals surface area contributed by atoms with Crippen molar-refractivity contribution in [1.82, 2.24) is 14.7 Å². The van der Waals surface area contributed by atoms with Crippen LogP contribution < -0.4 is 0 Å². The van der Waals surface area contributed by atoms with Crippen molar-refractivity contribution >= 4 is 23.7 Å². The maximum atomic E-state index is 14.6. The molecule has 0 unspecified atom stereocenters. The molecule has 2 fully saturated rings. The summed E-state index contributed by atoms with van der Waals surface area (Å²) in [5.74, 6) is -2.97. The van der Waals surface area contributed by atoms with Crippen LogP contribution in [-0.2, 0) is 28.7 Å². The summed E-state index contributed by atoms with van der Waals surface area (Å²) in [5, 5.41) is 9.34. The lowest BCUT2D eigenvalue weighted by molar-refractivity contribution is -0.164. The van der Waals surface area contributed by atoms with Gasteiger partial charge in [-0.3, -0.25) is 19.2 Å². The van der Waals surface area contributed by atoms with Gasteiger partial charge in [-0.1, -0.05) is 74.4 Å². The van der Waals surface area contributed by atoms with Gasteiger partial charge in [0.15, 0.2) is 0 Å². The number of likely N-dealkylation sites (N-methyl/N-ethyl adjacent to an activating group) is 1. The largest absolute Gasteiger partial charge is 0.455 e. The SMILES string of the molecule is CCCCCN1C/C=C\CCC(=O)N(C)[C@@H](C)[C@H](c2ccccc2)OC(=O)[C@@H]2[C@H]3C(=O)N(CCCCCO)[C@H](C1=O)[C@]31C=C[C@H]2O1. The van der Waals surface area contributed by atoms with Crippen molar-refractivity contribution in [1.29, 1.82) is 0 Å². The third-order valence-electron chi connectivity index (χ3n) is 10.1. The van der Waals surface area contributed by atoms with E-state index in [9.17, 15) is 24.3 Å². The van der Waals surface area contributed by atoms with Gasteiger partial charge in [0.1, 0.15) is 23.7 Å². The van der Waals surface area contributed by atoms with Crippen molar-refractivity contribution in [2.24, 2.45) is 11.8 Å². The molecule has 1 N–H and O–H groups in total. The van der Waals surface area contributed by atoms with Gasteiger partial charge in [-0.25, -0.2) is 0 Å². The highest BCUT2D eigenvalue weighted by Crippen LogP contribution is 2.56. The van der Waals surface area contributed by atoms with Crippen LogP contribution in [0.5, 0.6) is 0 Å². The monoisotopic (exact) mass is 635 g/mol. The molecule has 0 aromatic heterocycles. The topological polar surface area (TPSA) is 117 Å². The minimum absolute atomic E-state index is 0.0592. The number of aliphatic hydroxyl groups excluding tert-OH is 1. The molecule has 0 saturated carbocycles. The normalized spacial score (nSPS) is 32.3. The van der Waals surface area contributed by atoms with Crippen LogP contribution in [0.2, 0.25) is 0 Å². The van der Waals surface area contributed by atoms with Crippen molar-refractivity contribution in [3.05, 3.63) is 60.2 Å². The van der Waals surface area contributed by atoms with Crippen molar-refractivity contribution in [3.8, 4) is 0 Å². The number of aliphatic hydroxyl groups is 1. The fourth-order valence-electron chi connectivity index (χ4n) is 7.47. The first-order valence-corrected chi connectivity index (χ1v) is 17.0. The first-order chi connectivity index (χ1) is 22.2. The van der Waals surface area contributed by atoms with Crippen molar-refractivity contribution in [2.45, 2.75) is 95.1 Å². The van der Waals surface area contributed by atoms with Gasteiger partial charge in [0.25, 0.3) is 0 Å². The van der Waals surface area contributed by atoms with E-state index in [4.69, 9.17) is 9.47 Å². The fourth-order valence-corrected chi connectivity index (χ4v) is 7.47. The summed E-state index contributed by atoms with van der Waals surface area (Å²) in [4.78, 5) is 61.5. The number of ether oxygens (including phenoxy) is 2. The lowest BCUT2D eigenvalue weighted by atomic mass is 9.74. The molecule has 5 bridgehead atoms. The van der Waals surface area contributed by atoms with Crippen LogP contribution in [-0.4, -0.2) is 101 Å². The summed E-state index contributed by atoms with van der Waals surface area (Å²) in [5.41, 5.74) is -0.532. The number of hydrogen-bond donors (Lipinski definition) is 1. The van der Waals surface area contributed by atoms with Crippen molar-refractivity contribution in [2.75, 3.05) is 33.3 Å². The lowest BCUT2D eigenvalue weighted by Gasteiger charge is -2.36. The van der Waals surface area contributed by atoms with Gasteiger partial charge < -0.3 is 29.3 Å². The molecule has 1 spiro atoms. The highest BCUT2D eigenvalue weighted by Gasteiger charge is 2.73. The minimum atomic E-state index is -1.28. The second kappa shape index (κ2) is 14.9. The Bertz CT molecular complexity index is 1320. The number of nitrogens with zero attached hydrogens (tertiary/aromatic N) is 3. The van der Waals surface area contributed by atoms with Gasteiger partial charge in [0.05, 0.1) is 18.1 Å². The van der Waals surface area contributed by atoms with E-state index in [1.807, 2.05) is 55.5 Å². The number of fused-ring (bicyclic) bond motifs is 2. The zero-order valence-electron chi connectivity index (χ0n) is 27.4. The molecular weight excluding hydrogens is 586 g/mol. The highest BCUT2D eigenvalue weighted by atomic mass is 16.6. The average molecular weight is 636 g/mol. The summed E-state index contributed by atoms with van der Waals surface area (Å²) in [6.45, 7) is 5.23. The van der Waals surface area contributed by atoms with Gasteiger partial charge >= 0.3 is 5.97 Å². The Kier molecular flexibility index (Phi) is 11.0. The predicted octanol–water partition coefficient (Wildman–Crippen LogP) is 3.80. The summed E-state index contributed by atoms with van der Waals surface area (Å²) in [6, 6.07) is 7.94. The fraction of sp³-hybridized carbons (Fsp3) is 0.611. The van der Waals surface area contributed by atoms with E-state index in [0.29, 0.717) is 45.3 Å². The Morgan fingerprint density at radius 3 is 2.46 bits per heavy atom. The van der Waals surface area contributed by atoms with Crippen LogP contribution in [0.15, 0.2) is 54.6 Å². The molecule has 1 aromatic carbocycles. The van der Waals surface area contributed by atoms with Crippen LogP contribution in [0.1, 0.15) is 76.9 Å². The van der Waals surface area contributed by atoms with Crippen LogP contribution in [0.3, 0.4) is 0 Å². The lowest BCUT2D eigenvalue weighted by Crippen LogP contribution is -2.56. The molecule has 250 valence electrons. The Morgan fingerprint density at radius 1 is 0.957 bits per heavy atom. The van der Waals surface area contributed by atoms with E-state index >= 15 is 0 Å². The van der Waals surface area contributed by atoms with E-state index in [-0.39, 0.29) is 30.7 Å². The number of rotatable bonds is 10. The Hall–Kier alpha value is -3.50. The van der Waals surface area contributed by atoms with Crippen molar-refractivity contribution < 1.29 is 33.8 Å². The minimum Gasteiger partial charge on any atom is -0.455 e. The molecule has 4 aliphatic heterocycles. The molecule has 46 heavy (non-hydrogen) atoms.